The third-order valence-electron chi connectivity index (χ3n) is 4.92. The van der Waals surface area contributed by atoms with Crippen molar-refractivity contribution in [1.82, 2.24) is 19.7 Å². The number of aromatic nitrogens is 3. The van der Waals surface area contributed by atoms with Crippen LogP contribution in [0.4, 0.5) is 5.69 Å². The highest BCUT2D eigenvalue weighted by Gasteiger charge is 2.30. The zero-order valence-electron chi connectivity index (χ0n) is 17.5. The molecule has 2 aromatic rings. The van der Waals surface area contributed by atoms with E-state index in [1.54, 1.807) is 29.2 Å². The summed E-state index contributed by atoms with van der Waals surface area (Å²) in [5, 5.41) is 12.3. The molecular weight excluding hydrogens is 386 g/mol. The Morgan fingerprint density at radius 2 is 1.83 bits per heavy atom. The van der Waals surface area contributed by atoms with Crippen molar-refractivity contribution in [1.29, 1.82) is 0 Å². The van der Waals surface area contributed by atoms with Crippen LogP contribution in [0.3, 0.4) is 0 Å². The lowest BCUT2D eigenvalue weighted by Gasteiger charge is -2.18. The van der Waals surface area contributed by atoms with Gasteiger partial charge in [0.05, 0.1) is 5.75 Å². The lowest BCUT2D eigenvalue weighted by Crippen LogP contribution is -2.30. The van der Waals surface area contributed by atoms with Gasteiger partial charge in [-0.3, -0.25) is 9.59 Å². The van der Waals surface area contributed by atoms with Gasteiger partial charge >= 0.3 is 0 Å². The van der Waals surface area contributed by atoms with Crippen molar-refractivity contribution >= 4 is 29.3 Å². The van der Waals surface area contributed by atoms with Gasteiger partial charge in [-0.2, -0.15) is 0 Å². The molecule has 1 aromatic carbocycles. The van der Waals surface area contributed by atoms with Crippen LogP contribution >= 0.6 is 11.8 Å². The molecule has 0 aliphatic heterocycles. The molecule has 1 aromatic heterocycles. The van der Waals surface area contributed by atoms with E-state index in [4.69, 9.17) is 0 Å². The van der Waals surface area contributed by atoms with Gasteiger partial charge in [0.2, 0.25) is 5.91 Å². The molecule has 8 heteroatoms. The van der Waals surface area contributed by atoms with E-state index in [9.17, 15) is 9.59 Å². The van der Waals surface area contributed by atoms with Gasteiger partial charge < -0.3 is 14.8 Å². The maximum Gasteiger partial charge on any atom is 0.253 e. The van der Waals surface area contributed by atoms with Crippen molar-refractivity contribution in [3.63, 3.8) is 0 Å². The number of nitrogens with one attached hydrogen (secondary N) is 1. The van der Waals surface area contributed by atoms with Crippen LogP contribution in [0.25, 0.3) is 0 Å². The molecule has 7 nitrogen and oxygen atoms in total. The minimum Gasteiger partial charge on any atom is -0.339 e. The lowest BCUT2D eigenvalue weighted by molar-refractivity contribution is -0.113. The fourth-order valence-corrected chi connectivity index (χ4v) is 3.99. The highest BCUT2D eigenvalue weighted by Crippen LogP contribution is 2.40. The summed E-state index contributed by atoms with van der Waals surface area (Å²) >= 11 is 1.42. The smallest absolute Gasteiger partial charge is 0.253 e. The highest BCUT2D eigenvalue weighted by atomic mass is 32.2. The molecule has 0 atom stereocenters. The summed E-state index contributed by atoms with van der Waals surface area (Å²) in [5.74, 6) is 1.47. The van der Waals surface area contributed by atoms with Crippen molar-refractivity contribution in [2.75, 3.05) is 24.2 Å². The Morgan fingerprint density at radius 3 is 2.38 bits per heavy atom. The first-order chi connectivity index (χ1) is 13.9. The highest BCUT2D eigenvalue weighted by molar-refractivity contribution is 7.99. The van der Waals surface area contributed by atoms with Gasteiger partial charge in [-0.05, 0) is 51.0 Å². The van der Waals surface area contributed by atoms with Crippen molar-refractivity contribution in [3.8, 4) is 0 Å². The van der Waals surface area contributed by atoms with Gasteiger partial charge in [-0.25, -0.2) is 0 Å². The van der Waals surface area contributed by atoms with E-state index >= 15 is 0 Å². The largest absolute Gasteiger partial charge is 0.339 e. The number of thioether (sulfide) groups is 1. The summed E-state index contributed by atoms with van der Waals surface area (Å²) in [6, 6.07) is 7.51. The second kappa shape index (κ2) is 9.43. The Balaban J connectivity index is 1.57. The molecule has 3 rings (SSSR count). The topological polar surface area (TPSA) is 80.1 Å². The number of hydrogen-bond donors (Lipinski definition) is 1. The molecule has 1 heterocycles. The SMILES string of the molecule is CCN(CC)C(=O)c1ccc(NC(=O)CSc2nnc(C(C)C)n2C2CC2)cc1. The van der Waals surface area contributed by atoms with Crippen molar-refractivity contribution in [2.45, 2.75) is 57.7 Å². The van der Waals surface area contributed by atoms with Crippen LogP contribution in [-0.2, 0) is 4.79 Å². The van der Waals surface area contributed by atoms with Crippen LogP contribution in [0.2, 0.25) is 0 Å². The zero-order valence-corrected chi connectivity index (χ0v) is 18.3. The van der Waals surface area contributed by atoms with Gasteiger partial charge in [0.15, 0.2) is 5.16 Å². The first-order valence-electron chi connectivity index (χ1n) is 10.2. The molecule has 0 unspecified atom stereocenters. The quantitative estimate of drug-likeness (QED) is 0.627. The molecule has 1 saturated carbocycles. The van der Waals surface area contributed by atoms with Crippen molar-refractivity contribution < 1.29 is 9.59 Å². The summed E-state index contributed by atoms with van der Waals surface area (Å²) in [6.07, 6.45) is 2.30. The third-order valence-corrected chi connectivity index (χ3v) is 5.86. The van der Waals surface area contributed by atoms with E-state index in [2.05, 4.69) is 33.9 Å². The van der Waals surface area contributed by atoms with Crippen LogP contribution in [0.5, 0.6) is 0 Å². The summed E-state index contributed by atoms with van der Waals surface area (Å²) in [6.45, 7) is 9.49. The van der Waals surface area contributed by atoms with Gasteiger partial charge in [0.25, 0.3) is 5.91 Å². The molecule has 1 N–H and O–H groups in total. The fraction of sp³-hybridized carbons (Fsp3) is 0.524. The molecule has 0 bridgehead atoms. The Morgan fingerprint density at radius 1 is 1.17 bits per heavy atom. The van der Waals surface area contributed by atoms with E-state index < -0.39 is 0 Å². The molecule has 156 valence electrons. The predicted molar refractivity (Wildman–Crippen MR) is 115 cm³/mol. The van der Waals surface area contributed by atoms with Gasteiger partial charge in [0.1, 0.15) is 5.82 Å². The normalized spacial score (nSPS) is 13.6. The minimum atomic E-state index is -0.103. The number of nitrogens with zero attached hydrogens (tertiary/aromatic N) is 4. The summed E-state index contributed by atoms with van der Waals surface area (Å²) < 4.78 is 2.19. The Hall–Kier alpha value is -2.35. The Kier molecular flexibility index (Phi) is 6.95. The second-order valence-electron chi connectivity index (χ2n) is 7.49. The molecule has 0 radical (unpaired) electrons. The number of rotatable bonds is 9. The van der Waals surface area contributed by atoms with Crippen LogP contribution in [0, 0.1) is 0 Å². The molecule has 0 saturated heterocycles. The summed E-state index contributed by atoms with van der Waals surface area (Å²) in [4.78, 5) is 26.5. The first kappa shape index (κ1) is 21.4. The number of anilines is 1. The van der Waals surface area contributed by atoms with Gasteiger partial charge in [0, 0.05) is 36.3 Å². The van der Waals surface area contributed by atoms with Crippen molar-refractivity contribution in [2.24, 2.45) is 0 Å². The number of amides is 2. The molecule has 0 spiro atoms. The van der Waals surface area contributed by atoms with E-state index in [0.717, 1.165) is 23.8 Å². The molecular formula is C21H29N5O2S. The van der Waals surface area contributed by atoms with E-state index in [1.165, 1.54) is 11.8 Å². The number of benzene rings is 1. The maximum atomic E-state index is 12.4. The third kappa shape index (κ3) is 5.18. The average molecular weight is 416 g/mol. The van der Waals surface area contributed by atoms with E-state index in [0.29, 0.717) is 36.3 Å². The van der Waals surface area contributed by atoms with Gasteiger partial charge in [-0.1, -0.05) is 25.6 Å². The maximum absolute atomic E-state index is 12.4. The zero-order chi connectivity index (χ0) is 21.0. The Bertz CT molecular complexity index is 854. The number of hydrogen-bond acceptors (Lipinski definition) is 5. The molecule has 1 aliphatic carbocycles. The van der Waals surface area contributed by atoms with Crippen LogP contribution < -0.4 is 5.32 Å². The van der Waals surface area contributed by atoms with E-state index in [1.807, 2.05) is 13.8 Å². The predicted octanol–water partition coefficient (Wildman–Crippen LogP) is 3.95. The molecule has 1 fully saturated rings. The molecule has 2 amide bonds. The first-order valence-corrected chi connectivity index (χ1v) is 11.2. The fourth-order valence-electron chi connectivity index (χ4n) is 3.17. The van der Waals surface area contributed by atoms with Crippen LogP contribution in [0.15, 0.2) is 29.4 Å². The monoisotopic (exact) mass is 415 g/mol. The summed E-state index contributed by atoms with van der Waals surface area (Å²) in [7, 11) is 0. The standard InChI is InChI=1S/C21H29N5O2S/c1-5-25(6-2)20(28)15-7-9-16(10-8-15)22-18(27)13-29-21-24-23-19(14(3)4)26(21)17-11-12-17/h7-10,14,17H,5-6,11-13H2,1-4H3,(H,22,27). The van der Waals surface area contributed by atoms with Gasteiger partial charge in [-0.15, -0.1) is 10.2 Å². The Labute approximate surface area is 176 Å². The molecule has 29 heavy (non-hydrogen) atoms. The minimum absolute atomic E-state index is 0.00352. The molecule has 1 aliphatic rings. The summed E-state index contributed by atoms with van der Waals surface area (Å²) in [5.41, 5.74) is 1.30. The number of carbonyl (C=O) groups excluding carboxylic acids is 2. The van der Waals surface area contributed by atoms with Crippen LogP contribution in [0.1, 0.15) is 68.7 Å². The average Bonchev–Trinajstić information content (AvgIpc) is 3.46. The lowest BCUT2D eigenvalue weighted by atomic mass is 10.2. The second-order valence-corrected chi connectivity index (χ2v) is 8.43. The van der Waals surface area contributed by atoms with Crippen molar-refractivity contribution in [3.05, 3.63) is 35.7 Å². The van der Waals surface area contributed by atoms with Crippen LogP contribution in [-0.4, -0.2) is 50.3 Å². The number of carbonyl (C=O) groups is 2. The van der Waals surface area contributed by atoms with E-state index in [-0.39, 0.29) is 17.6 Å².